The summed E-state index contributed by atoms with van der Waals surface area (Å²) in [5.74, 6) is 0.926. The van der Waals surface area contributed by atoms with E-state index in [0.717, 1.165) is 22.3 Å². The minimum atomic E-state index is 0.121. The van der Waals surface area contributed by atoms with E-state index in [-0.39, 0.29) is 11.9 Å². The largest absolute Gasteiger partial charge is 0.487 e. The van der Waals surface area contributed by atoms with Crippen LogP contribution >= 0.6 is 0 Å². The average Bonchev–Trinajstić information content (AvgIpc) is 3.34. The Bertz CT molecular complexity index is 1130. The van der Waals surface area contributed by atoms with Gasteiger partial charge in [0.05, 0.1) is 12.2 Å². The molecule has 0 bridgehead atoms. The van der Waals surface area contributed by atoms with Gasteiger partial charge in [-0.25, -0.2) is 4.68 Å². The molecule has 1 aliphatic heterocycles. The van der Waals surface area contributed by atoms with Crippen molar-refractivity contribution in [2.45, 2.75) is 19.2 Å². The molecule has 7 heteroatoms. The molecule has 1 amide bonds. The maximum Gasteiger partial charge on any atom is 0.242 e. The normalized spacial score (nSPS) is 14.1. The van der Waals surface area contributed by atoms with Crippen molar-refractivity contribution in [3.63, 3.8) is 0 Å². The number of hydrogen-bond donors (Lipinski definition) is 0. The zero-order chi connectivity index (χ0) is 19.6. The summed E-state index contributed by atoms with van der Waals surface area (Å²) in [7, 11) is 0. The van der Waals surface area contributed by atoms with E-state index in [1.165, 1.54) is 0 Å². The maximum absolute atomic E-state index is 12.6. The van der Waals surface area contributed by atoms with Crippen molar-refractivity contribution in [1.82, 2.24) is 24.5 Å². The van der Waals surface area contributed by atoms with E-state index in [0.29, 0.717) is 26.2 Å². The highest BCUT2D eigenvalue weighted by molar-refractivity contribution is 5.83. The fourth-order valence-electron chi connectivity index (χ4n) is 3.58. The van der Waals surface area contributed by atoms with Crippen molar-refractivity contribution >= 4 is 16.8 Å². The zero-order valence-electron chi connectivity index (χ0n) is 15.9. The van der Waals surface area contributed by atoms with Gasteiger partial charge in [0.25, 0.3) is 0 Å². The summed E-state index contributed by atoms with van der Waals surface area (Å²) < 4.78 is 9.54. The molecule has 0 saturated carbocycles. The van der Waals surface area contributed by atoms with Crippen LogP contribution in [0.3, 0.4) is 0 Å². The van der Waals surface area contributed by atoms with Crippen LogP contribution in [0, 0.1) is 0 Å². The summed E-state index contributed by atoms with van der Waals surface area (Å²) in [5, 5.41) is 9.53. The SMILES string of the molecule is O=C(Cn1ccc2ccccc21)N1CC(n2cc(COc3ccccc3)nn2)C1. The summed E-state index contributed by atoms with van der Waals surface area (Å²) in [4.78, 5) is 14.5. The van der Waals surface area contributed by atoms with Crippen molar-refractivity contribution in [2.75, 3.05) is 13.1 Å². The number of fused-ring (bicyclic) bond motifs is 1. The van der Waals surface area contributed by atoms with Gasteiger partial charge < -0.3 is 14.2 Å². The van der Waals surface area contributed by atoms with Crippen LogP contribution in [0.2, 0.25) is 0 Å². The third-order valence-electron chi connectivity index (χ3n) is 5.26. The van der Waals surface area contributed by atoms with Gasteiger partial charge in [0, 0.05) is 24.8 Å². The zero-order valence-corrected chi connectivity index (χ0v) is 15.9. The topological polar surface area (TPSA) is 65.2 Å². The van der Waals surface area contributed by atoms with Gasteiger partial charge >= 0.3 is 0 Å². The molecule has 7 nitrogen and oxygen atoms in total. The number of benzene rings is 2. The van der Waals surface area contributed by atoms with Gasteiger partial charge in [0.15, 0.2) is 0 Å². The van der Waals surface area contributed by atoms with E-state index in [1.807, 2.05) is 81.1 Å². The Balaban J connectivity index is 1.15. The predicted octanol–water partition coefficient (Wildman–Crippen LogP) is 2.90. The fraction of sp³-hybridized carbons (Fsp3) is 0.227. The number of amides is 1. The predicted molar refractivity (Wildman–Crippen MR) is 108 cm³/mol. The second-order valence-electron chi connectivity index (χ2n) is 7.25. The number of likely N-dealkylation sites (tertiary alicyclic amines) is 1. The molecule has 0 atom stereocenters. The Hall–Kier alpha value is -3.61. The number of carbonyl (C=O) groups is 1. The highest BCUT2D eigenvalue weighted by Crippen LogP contribution is 2.22. The van der Waals surface area contributed by atoms with E-state index in [1.54, 1.807) is 0 Å². The van der Waals surface area contributed by atoms with Gasteiger partial charge in [-0.1, -0.05) is 41.6 Å². The summed E-state index contributed by atoms with van der Waals surface area (Å²) in [6.45, 7) is 2.04. The van der Waals surface area contributed by atoms with Gasteiger partial charge in [0.1, 0.15) is 24.6 Å². The molecule has 0 N–H and O–H groups in total. The number of rotatable bonds is 6. The molecule has 2 aromatic heterocycles. The molecule has 146 valence electrons. The molecule has 5 rings (SSSR count). The van der Waals surface area contributed by atoms with Gasteiger partial charge in [0.2, 0.25) is 5.91 Å². The van der Waals surface area contributed by atoms with E-state index in [4.69, 9.17) is 4.74 Å². The Morgan fingerprint density at radius 1 is 1.03 bits per heavy atom. The summed E-state index contributed by atoms with van der Waals surface area (Å²) >= 11 is 0. The Morgan fingerprint density at radius 2 is 1.83 bits per heavy atom. The minimum absolute atomic E-state index is 0.121. The van der Waals surface area contributed by atoms with E-state index >= 15 is 0 Å². The Labute approximate surface area is 168 Å². The number of ether oxygens (including phenoxy) is 1. The molecule has 0 spiro atoms. The van der Waals surface area contributed by atoms with Crippen LogP contribution in [0.4, 0.5) is 0 Å². The molecule has 0 radical (unpaired) electrons. The van der Waals surface area contributed by atoms with Crippen molar-refractivity contribution < 1.29 is 9.53 Å². The first-order valence-electron chi connectivity index (χ1n) is 9.66. The standard InChI is InChI=1S/C22H21N5O2/c28-22(15-25-11-10-17-6-4-5-9-21(17)25)26-13-19(14-26)27-12-18(23-24-27)16-29-20-7-2-1-3-8-20/h1-12,19H,13-16H2. The van der Waals surface area contributed by atoms with Crippen LogP contribution in [0.15, 0.2) is 73.1 Å². The number of para-hydroxylation sites is 2. The van der Waals surface area contributed by atoms with E-state index in [9.17, 15) is 4.79 Å². The number of aromatic nitrogens is 4. The molecule has 0 unspecified atom stereocenters. The molecule has 1 fully saturated rings. The molecule has 1 saturated heterocycles. The Morgan fingerprint density at radius 3 is 2.69 bits per heavy atom. The summed E-state index contributed by atoms with van der Waals surface area (Å²) in [6, 6.07) is 19.9. The van der Waals surface area contributed by atoms with Crippen LogP contribution in [-0.4, -0.2) is 43.5 Å². The molecular formula is C22H21N5O2. The van der Waals surface area contributed by atoms with Gasteiger partial charge in [-0.05, 0) is 29.7 Å². The van der Waals surface area contributed by atoms with E-state index in [2.05, 4.69) is 16.4 Å². The number of hydrogen-bond acceptors (Lipinski definition) is 4. The van der Waals surface area contributed by atoms with Crippen LogP contribution in [0.25, 0.3) is 10.9 Å². The molecule has 3 heterocycles. The second kappa shape index (κ2) is 7.43. The lowest BCUT2D eigenvalue weighted by Crippen LogP contribution is -2.51. The lowest BCUT2D eigenvalue weighted by atomic mass is 10.1. The lowest BCUT2D eigenvalue weighted by molar-refractivity contribution is -0.137. The molecule has 2 aromatic carbocycles. The third kappa shape index (κ3) is 3.59. The molecule has 1 aliphatic rings. The monoisotopic (exact) mass is 387 g/mol. The fourth-order valence-corrected chi connectivity index (χ4v) is 3.58. The first kappa shape index (κ1) is 17.5. The number of nitrogens with zero attached hydrogens (tertiary/aromatic N) is 5. The molecule has 0 aliphatic carbocycles. The van der Waals surface area contributed by atoms with Crippen LogP contribution in [0.5, 0.6) is 5.75 Å². The second-order valence-corrected chi connectivity index (χ2v) is 7.25. The number of carbonyl (C=O) groups excluding carboxylic acids is 1. The van der Waals surface area contributed by atoms with Gasteiger partial charge in [-0.3, -0.25) is 4.79 Å². The first-order valence-corrected chi connectivity index (χ1v) is 9.66. The van der Waals surface area contributed by atoms with Crippen molar-refractivity contribution in [3.05, 3.63) is 78.8 Å². The highest BCUT2D eigenvalue weighted by atomic mass is 16.5. The quantitative estimate of drug-likeness (QED) is 0.510. The Kier molecular flexibility index (Phi) is 4.48. The third-order valence-corrected chi connectivity index (χ3v) is 5.26. The highest BCUT2D eigenvalue weighted by Gasteiger charge is 2.32. The summed E-state index contributed by atoms with van der Waals surface area (Å²) in [6.07, 6.45) is 3.87. The molecular weight excluding hydrogens is 366 g/mol. The van der Waals surface area contributed by atoms with Crippen molar-refractivity contribution in [2.24, 2.45) is 0 Å². The summed E-state index contributed by atoms with van der Waals surface area (Å²) in [5.41, 5.74) is 1.86. The van der Waals surface area contributed by atoms with Crippen molar-refractivity contribution in [3.8, 4) is 5.75 Å². The smallest absolute Gasteiger partial charge is 0.242 e. The average molecular weight is 387 g/mol. The molecule has 29 heavy (non-hydrogen) atoms. The first-order chi connectivity index (χ1) is 14.3. The van der Waals surface area contributed by atoms with Crippen LogP contribution in [-0.2, 0) is 17.9 Å². The molecule has 4 aromatic rings. The lowest BCUT2D eigenvalue weighted by Gasteiger charge is -2.39. The van der Waals surface area contributed by atoms with Crippen molar-refractivity contribution in [1.29, 1.82) is 0 Å². The van der Waals surface area contributed by atoms with Crippen LogP contribution < -0.4 is 4.74 Å². The van der Waals surface area contributed by atoms with Crippen LogP contribution in [0.1, 0.15) is 11.7 Å². The maximum atomic E-state index is 12.6. The van der Waals surface area contributed by atoms with Gasteiger partial charge in [-0.2, -0.15) is 0 Å². The van der Waals surface area contributed by atoms with E-state index < -0.39 is 0 Å². The minimum Gasteiger partial charge on any atom is -0.487 e. The van der Waals surface area contributed by atoms with Gasteiger partial charge in [-0.15, -0.1) is 5.10 Å².